The fourth-order valence-electron chi connectivity index (χ4n) is 1.09. The molecule has 0 amide bonds. The number of hydrogen-bond acceptors (Lipinski definition) is 2. The predicted molar refractivity (Wildman–Crippen MR) is 35.1 cm³/mol. The fourth-order valence-corrected chi connectivity index (χ4v) is 1.09. The van der Waals surface area contributed by atoms with Gasteiger partial charge in [-0.3, -0.25) is 4.90 Å². The van der Waals surface area contributed by atoms with Crippen molar-refractivity contribution in [2.24, 2.45) is 0 Å². The Morgan fingerprint density at radius 1 is 1.50 bits per heavy atom. The number of nitrogens with zero attached hydrogens (tertiary/aromatic N) is 1. The van der Waals surface area contributed by atoms with Gasteiger partial charge in [-0.2, -0.15) is 0 Å². The molecule has 0 aromatic carbocycles. The van der Waals surface area contributed by atoms with Gasteiger partial charge in [-0.1, -0.05) is 0 Å². The van der Waals surface area contributed by atoms with E-state index in [4.69, 9.17) is 0 Å². The molecule has 0 aromatic heterocycles. The van der Waals surface area contributed by atoms with Crippen molar-refractivity contribution in [2.45, 2.75) is 12.8 Å². The Bertz CT molecular complexity index is 91.7. The second-order valence-electron chi connectivity index (χ2n) is 2.48. The molecule has 0 saturated carbocycles. The molecule has 1 N–H and O–H groups in total. The lowest BCUT2D eigenvalue weighted by Crippen LogP contribution is -2.43. The van der Waals surface area contributed by atoms with E-state index >= 15 is 0 Å². The van der Waals surface area contributed by atoms with Gasteiger partial charge >= 0.3 is 0 Å². The summed E-state index contributed by atoms with van der Waals surface area (Å²) in [7, 11) is 0. The maximum Gasteiger partial charge on any atom is 0.251 e. The van der Waals surface area contributed by atoms with E-state index in [-0.39, 0.29) is 6.54 Å². The van der Waals surface area contributed by atoms with Crippen molar-refractivity contribution in [3.05, 3.63) is 0 Å². The van der Waals surface area contributed by atoms with Gasteiger partial charge in [0.05, 0.1) is 6.54 Å². The Hall–Kier alpha value is -0.220. The summed E-state index contributed by atoms with van der Waals surface area (Å²) in [6.45, 7) is 2.29. The molecule has 2 nitrogen and oxygen atoms in total. The van der Waals surface area contributed by atoms with E-state index in [1.54, 1.807) is 4.90 Å². The van der Waals surface area contributed by atoms with Crippen molar-refractivity contribution in [2.75, 3.05) is 26.3 Å². The summed E-state index contributed by atoms with van der Waals surface area (Å²) >= 11 is 0. The van der Waals surface area contributed by atoms with Gasteiger partial charge in [-0.15, -0.1) is 0 Å². The number of alkyl halides is 2. The van der Waals surface area contributed by atoms with Gasteiger partial charge in [-0.05, 0) is 13.0 Å². The lowest BCUT2D eigenvalue weighted by Gasteiger charge is -2.26. The van der Waals surface area contributed by atoms with Crippen LogP contribution in [0.3, 0.4) is 0 Å². The first-order valence-corrected chi connectivity index (χ1v) is 3.50. The van der Waals surface area contributed by atoms with Crippen LogP contribution >= 0.6 is 0 Å². The van der Waals surface area contributed by atoms with E-state index in [0.29, 0.717) is 6.67 Å². The summed E-state index contributed by atoms with van der Waals surface area (Å²) in [4.78, 5) is 1.73. The quantitative estimate of drug-likeness (QED) is 0.616. The largest absolute Gasteiger partial charge is 0.304 e. The molecule has 1 rings (SSSR count). The van der Waals surface area contributed by atoms with Crippen LogP contribution in [0.5, 0.6) is 0 Å². The molecule has 1 saturated heterocycles. The highest BCUT2D eigenvalue weighted by molar-refractivity contribution is 4.64. The number of halogens is 2. The van der Waals surface area contributed by atoms with E-state index in [2.05, 4.69) is 5.32 Å². The summed E-state index contributed by atoms with van der Waals surface area (Å²) < 4.78 is 23.5. The van der Waals surface area contributed by atoms with Crippen LogP contribution in [0.1, 0.15) is 6.42 Å². The van der Waals surface area contributed by atoms with E-state index < -0.39 is 6.43 Å². The monoisotopic (exact) mass is 150 g/mol. The van der Waals surface area contributed by atoms with Crippen LogP contribution in [-0.2, 0) is 0 Å². The van der Waals surface area contributed by atoms with Crippen molar-refractivity contribution in [1.29, 1.82) is 0 Å². The third-order valence-corrected chi connectivity index (χ3v) is 1.56. The van der Waals surface area contributed by atoms with Crippen LogP contribution in [0, 0.1) is 0 Å². The van der Waals surface area contributed by atoms with E-state index in [1.807, 2.05) is 0 Å². The molecule has 0 aromatic rings. The Kier molecular flexibility index (Phi) is 3.02. The molecule has 0 atom stereocenters. The van der Waals surface area contributed by atoms with Gasteiger partial charge < -0.3 is 5.32 Å². The van der Waals surface area contributed by atoms with Crippen molar-refractivity contribution in [3.63, 3.8) is 0 Å². The predicted octanol–water partition coefficient (Wildman–Crippen LogP) is 0.504. The van der Waals surface area contributed by atoms with Crippen LogP contribution in [-0.4, -0.2) is 37.6 Å². The SMILES string of the molecule is FC(F)CN1CCCNC1. The lowest BCUT2D eigenvalue weighted by molar-refractivity contribution is 0.0752. The second kappa shape index (κ2) is 3.83. The molecule has 1 aliphatic rings. The minimum absolute atomic E-state index is 0.0903. The topological polar surface area (TPSA) is 15.3 Å². The highest BCUT2D eigenvalue weighted by Crippen LogP contribution is 2.00. The third kappa shape index (κ3) is 2.58. The normalized spacial score (nSPS) is 21.9. The Balaban J connectivity index is 2.13. The highest BCUT2D eigenvalue weighted by atomic mass is 19.3. The maximum atomic E-state index is 11.7. The third-order valence-electron chi connectivity index (χ3n) is 1.56. The van der Waals surface area contributed by atoms with Crippen molar-refractivity contribution in [3.8, 4) is 0 Å². The van der Waals surface area contributed by atoms with E-state index in [9.17, 15) is 8.78 Å². The van der Waals surface area contributed by atoms with Crippen LogP contribution in [0.15, 0.2) is 0 Å². The maximum absolute atomic E-state index is 11.7. The lowest BCUT2D eigenvalue weighted by atomic mass is 10.3. The summed E-state index contributed by atoms with van der Waals surface area (Å²) in [6, 6.07) is 0. The molecule has 1 fully saturated rings. The zero-order chi connectivity index (χ0) is 7.40. The molecule has 0 unspecified atom stereocenters. The van der Waals surface area contributed by atoms with Gasteiger partial charge in [0.1, 0.15) is 0 Å². The minimum Gasteiger partial charge on any atom is -0.304 e. The molecule has 4 heteroatoms. The summed E-state index contributed by atoms with van der Waals surface area (Å²) in [5, 5.41) is 3.03. The first kappa shape index (κ1) is 7.88. The summed E-state index contributed by atoms with van der Waals surface area (Å²) in [5.74, 6) is 0. The molecule has 0 radical (unpaired) electrons. The van der Waals surface area contributed by atoms with E-state index in [1.165, 1.54) is 0 Å². The molecule has 10 heavy (non-hydrogen) atoms. The molecule has 0 bridgehead atoms. The molecular weight excluding hydrogens is 138 g/mol. The molecule has 60 valence electrons. The standard InChI is InChI=1S/C6H12F2N2/c7-6(8)4-10-3-1-2-9-5-10/h6,9H,1-5H2. The Morgan fingerprint density at radius 3 is 2.80 bits per heavy atom. The minimum atomic E-state index is -2.19. The van der Waals surface area contributed by atoms with Crippen LogP contribution < -0.4 is 5.32 Å². The number of rotatable bonds is 2. The first-order chi connectivity index (χ1) is 4.79. The van der Waals surface area contributed by atoms with Crippen LogP contribution in [0.4, 0.5) is 8.78 Å². The van der Waals surface area contributed by atoms with E-state index in [0.717, 1.165) is 19.5 Å². The van der Waals surface area contributed by atoms with Gasteiger partial charge in [0.25, 0.3) is 6.43 Å². The van der Waals surface area contributed by atoms with Gasteiger partial charge in [0, 0.05) is 13.2 Å². The van der Waals surface area contributed by atoms with Gasteiger partial charge in [0.15, 0.2) is 0 Å². The second-order valence-corrected chi connectivity index (χ2v) is 2.48. The highest BCUT2D eigenvalue weighted by Gasteiger charge is 2.13. The van der Waals surface area contributed by atoms with Crippen molar-refractivity contribution < 1.29 is 8.78 Å². The summed E-state index contributed by atoms with van der Waals surface area (Å²) in [6.07, 6.45) is -1.22. The smallest absolute Gasteiger partial charge is 0.251 e. The average molecular weight is 150 g/mol. The first-order valence-electron chi connectivity index (χ1n) is 3.50. The van der Waals surface area contributed by atoms with Gasteiger partial charge in [0.2, 0.25) is 0 Å². The Labute approximate surface area is 59.2 Å². The molecule has 0 spiro atoms. The van der Waals surface area contributed by atoms with Crippen molar-refractivity contribution in [1.82, 2.24) is 10.2 Å². The fraction of sp³-hybridized carbons (Fsp3) is 1.00. The zero-order valence-corrected chi connectivity index (χ0v) is 5.82. The zero-order valence-electron chi connectivity index (χ0n) is 5.82. The summed E-state index contributed by atoms with van der Waals surface area (Å²) in [5.41, 5.74) is 0. The number of hydrogen-bond donors (Lipinski definition) is 1. The molecule has 1 heterocycles. The van der Waals surface area contributed by atoms with Crippen molar-refractivity contribution >= 4 is 0 Å². The molecule has 1 aliphatic heterocycles. The van der Waals surface area contributed by atoms with Crippen LogP contribution in [0.2, 0.25) is 0 Å². The van der Waals surface area contributed by atoms with Crippen LogP contribution in [0.25, 0.3) is 0 Å². The Morgan fingerprint density at radius 2 is 2.30 bits per heavy atom. The molecule has 0 aliphatic carbocycles. The van der Waals surface area contributed by atoms with Gasteiger partial charge in [-0.25, -0.2) is 8.78 Å². The molecular formula is C6H12F2N2. The average Bonchev–Trinajstić information content (AvgIpc) is 1.88. The number of nitrogens with one attached hydrogen (secondary N) is 1.